The predicted molar refractivity (Wildman–Crippen MR) is 139 cm³/mol. The molecule has 5 heteroatoms. The summed E-state index contributed by atoms with van der Waals surface area (Å²) in [7, 11) is 0. The van der Waals surface area contributed by atoms with E-state index in [0.29, 0.717) is 11.8 Å². The first-order chi connectivity index (χ1) is 14.7. The molecule has 0 N–H and O–H groups in total. The summed E-state index contributed by atoms with van der Waals surface area (Å²) >= 11 is 7.72. The maximum absolute atomic E-state index is 5.93. The molecule has 0 saturated carbocycles. The van der Waals surface area contributed by atoms with E-state index >= 15 is 0 Å². The number of rotatable bonds is 4. The van der Waals surface area contributed by atoms with Crippen LogP contribution in [0.4, 0.5) is 5.69 Å². The van der Waals surface area contributed by atoms with Gasteiger partial charge in [-0.3, -0.25) is 4.57 Å². The fourth-order valence-corrected chi connectivity index (χ4v) is 6.31. The van der Waals surface area contributed by atoms with Crippen LogP contribution in [0.15, 0.2) is 27.1 Å². The minimum atomic E-state index is 0.467. The fraction of sp³-hybridized carbons (Fsp3) is 0.462. The number of anilines is 1. The molecule has 2 radical (unpaired) electrons. The summed E-state index contributed by atoms with van der Waals surface area (Å²) in [6.45, 7) is 19.0. The van der Waals surface area contributed by atoms with Crippen LogP contribution in [0.25, 0.3) is 16.7 Å². The van der Waals surface area contributed by atoms with Crippen LogP contribution in [0, 0.1) is 33.6 Å². The lowest BCUT2D eigenvalue weighted by atomic mass is 9.94. The molecule has 3 heterocycles. The number of pyridine rings is 1. The normalized spacial score (nSPS) is 15.5. The molecular weight excluding hydrogens is 514 g/mol. The van der Waals surface area contributed by atoms with Crippen molar-refractivity contribution in [1.82, 2.24) is 9.55 Å². The van der Waals surface area contributed by atoms with Crippen molar-refractivity contribution in [3.05, 3.63) is 56.6 Å². The third-order valence-electron chi connectivity index (χ3n) is 6.79. The van der Waals surface area contributed by atoms with Crippen molar-refractivity contribution in [3.8, 4) is 5.69 Å². The lowest BCUT2D eigenvalue weighted by molar-refractivity contribution is 0.409. The second-order valence-corrected chi connectivity index (χ2v) is 10.9. The van der Waals surface area contributed by atoms with Gasteiger partial charge in [-0.15, -0.1) is 0 Å². The average molecular weight is 545 g/mol. The Morgan fingerprint density at radius 2 is 1.68 bits per heavy atom. The van der Waals surface area contributed by atoms with Gasteiger partial charge in [0.25, 0.3) is 0 Å². The van der Waals surface area contributed by atoms with E-state index in [1.807, 2.05) is 0 Å². The second kappa shape index (κ2) is 8.90. The van der Waals surface area contributed by atoms with Crippen molar-refractivity contribution in [2.75, 3.05) is 18.0 Å². The van der Waals surface area contributed by atoms with Crippen LogP contribution < -0.4 is 4.90 Å². The summed E-state index contributed by atoms with van der Waals surface area (Å²) in [6.07, 6.45) is 3.11. The highest BCUT2D eigenvalue weighted by atomic mass is 79.9. The van der Waals surface area contributed by atoms with Gasteiger partial charge in [-0.1, -0.05) is 13.8 Å². The lowest BCUT2D eigenvalue weighted by Gasteiger charge is -2.34. The number of hydrogen-bond acceptors (Lipinski definition) is 2. The van der Waals surface area contributed by atoms with Crippen molar-refractivity contribution in [1.29, 1.82) is 0 Å². The molecule has 0 amide bonds. The Hall–Kier alpha value is -1.33. The van der Waals surface area contributed by atoms with Gasteiger partial charge >= 0.3 is 0 Å². The average Bonchev–Trinajstić information content (AvgIpc) is 2.97. The lowest BCUT2D eigenvalue weighted by Crippen LogP contribution is -2.33. The zero-order valence-electron chi connectivity index (χ0n) is 19.1. The summed E-state index contributed by atoms with van der Waals surface area (Å²) in [5.41, 5.74) is 8.34. The monoisotopic (exact) mass is 543 g/mol. The first-order valence-corrected chi connectivity index (χ1v) is 12.7. The minimum Gasteiger partial charge on any atom is -0.371 e. The zero-order chi connectivity index (χ0) is 22.4. The van der Waals surface area contributed by atoms with E-state index < -0.39 is 0 Å². The molecule has 31 heavy (non-hydrogen) atoms. The molecule has 1 fully saturated rings. The summed E-state index contributed by atoms with van der Waals surface area (Å²) in [6, 6.07) is 6.73. The number of aryl methyl sites for hydroxylation is 2. The van der Waals surface area contributed by atoms with E-state index in [2.05, 4.69) is 94.1 Å². The van der Waals surface area contributed by atoms with Crippen LogP contribution in [0.1, 0.15) is 61.5 Å². The molecule has 3 nitrogen and oxygen atoms in total. The van der Waals surface area contributed by atoms with Crippen LogP contribution in [0.3, 0.4) is 0 Å². The number of piperidine rings is 1. The molecular formula is C26H31Br2N3. The number of aromatic nitrogens is 2. The van der Waals surface area contributed by atoms with Crippen molar-refractivity contribution in [3.63, 3.8) is 0 Å². The summed E-state index contributed by atoms with van der Waals surface area (Å²) in [5.74, 6) is 1.11. The fourth-order valence-electron chi connectivity index (χ4n) is 4.73. The van der Waals surface area contributed by atoms with Gasteiger partial charge in [-0.2, -0.15) is 0 Å². The van der Waals surface area contributed by atoms with Gasteiger partial charge < -0.3 is 4.90 Å². The highest BCUT2D eigenvalue weighted by Gasteiger charge is 2.25. The summed E-state index contributed by atoms with van der Waals surface area (Å²) in [4.78, 5) is 7.57. The van der Waals surface area contributed by atoms with Gasteiger partial charge in [0.1, 0.15) is 5.65 Å². The second-order valence-electron chi connectivity index (χ2n) is 9.18. The van der Waals surface area contributed by atoms with Gasteiger partial charge in [0.15, 0.2) is 0 Å². The van der Waals surface area contributed by atoms with Crippen LogP contribution in [-0.4, -0.2) is 22.6 Å². The number of halogens is 2. The number of benzene rings is 1. The van der Waals surface area contributed by atoms with Crippen molar-refractivity contribution in [2.24, 2.45) is 5.92 Å². The number of nitrogens with zero attached hydrogens (tertiary/aromatic N) is 3. The first-order valence-electron chi connectivity index (χ1n) is 11.2. The first kappa shape index (κ1) is 22.8. The maximum Gasteiger partial charge on any atom is 0.147 e. The van der Waals surface area contributed by atoms with E-state index in [9.17, 15) is 0 Å². The number of hydrogen-bond donors (Lipinski definition) is 0. The van der Waals surface area contributed by atoms with Gasteiger partial charge in [-0.25, -0.2) is 4.98 Å². The zero-order valence-corrected chi connectivity index (χ0v) is 22.3. The van der Waals surface area contributed by atoms with Crippen LogP contribution in [0.2, 0.25) is 0 Å². The summed E-state index contributed by atoms with van der Waals surface area (Å²) in [5, 5.41) is 1.26. The Kier molecular flexibility index (Phi) is 6.56. The molecule has 3 aromatic rings. The quantitative estimate of drug-likeness (QED) is 0.332. The van der Waals surface area contributed by atoms with Gasteiger partial charge in [0.2, 0.25) is 0 Å². The topological polar surface area (TPSA) is 21.1 Å². The molecule has 164 valence electrons. The van der Waals surface area contributed by atoms with E-state index in [0.717, 1.165) is 58.3 Å². The smallest absolute Gasteiger partial charge is 0.147 e. The molecule has 1 aliphatic heterocycles. The molecule has 1 saturated heterocycles. The van der Waals surface area contributed by atoms with Crippen LogP contribution >= 0.6 is 31.9 Å². The molecule has 0 bridgehead atoms. The third-order valence-corrected chi connectivity index (χ3v) is 8.00. The third kappa shape index (κ3) is 4.08. The van der Waals surface area contributed by atoms with E-state index in [1.54, 1.807) is 0 Å². The molecule has 1 aliphatic rings. The molecule has 2 aromatic heterocycles. The Labute approximate surface area is 203 Å². The van der Waals surface area contributed by atoms with Crippen molar-refractivity contribution >= 4 is 48.6 Å². The SMILES string of the molecule is [CH]CC1CCN(c2cc(C)nc3c2c(C)c(C)n3-c2c(Br)cc(C(C)C)cc2Br)CC1. The van der Waals surface area contributed by atoms with E-state index in [-0.39, 0.29) is 0 Å². The Balaban J connectivity index is 1.92. The van der Waals surface area contributed by atoms with Crippen LogP contribution in [0.5, 0.6) is 0 Å². The Morgan fingerprint density at radius 3 is 2.23 bits per heavy atom. The minimum absolute atomic E-state index is 0.467. The summed E-state index contributed by atoms with van der Waals surface area (Å²) < 4.78 is 4.48. The Bertz CT molecular complexity index is 1100. The molecule has 0 aliphatic carbocycles. The molecule has 4 rings (SSSR count). The van der Waals surface area contributed by atoms with Gasteiger partial charge in [0, 0.05) is 44.5 Å². The highest BCUT2D eigenvalue weighted by Crippen LogP contribution is 2.41. The van der Waals surface area contributed by atoms with Gasteiger partial charge in [0.05, 0.1) is 5.69 Å². The predicted octanol–water partition coefficient (Wildman–Crippen LogP) is 7.92. The van der Waals surface area contributed by atoms with Crippen LogP contribution in [-0.2, 0) is 0 Å². The highest BCUT2D eigenvalue weighted by molar-refractivity contribution is 9.11. The van der Waals surface area contributed by atoms with Crippen molar-refractivity contribution in [2.45, 2.75) is 59.8 Å². The Morgan fingerprint density at radius 1 is 1.06 bits per heavy atom. The van der Waals surface area contributed by atoms with E-state index in [4.69, 9.17) is 11.9 Å². The standard InChI is InChI=1S/C26H31Br2N3/c1-7-19-8-10-30(11-9-19)23-12-16(4)29-26-24(23)17(5)18(6)31(26)25-21(27)13-20(15(2)3)14-22(25)28/h1,12-15,19H,7-11H2,2-6H3. The molecule has 0 spiro atoms. The molecule has 0 unspecified atom stereocenters. The number of fused-ring (bicyclic) bond motifs is 1. The maximum atomic E-state index is 5.93. The van der Waals surface area contributed by atoms with Gasteiger partial charge in [-0.05, 0) is 120 Å². The molecule has 0 atom stereocenters. The van der Waals surface area contributed by atoms with Crippen molar-refractivity contribution < 1.29 is 0 Å². The largest absolute Gasteiger partial charge is 0.371 e. The molecule has 1 aromatic carbocycles. The van der Waals surface area contributed by atoms with E-state index in [1.165, 1.54) is 27.9 Å².